The van der Waals surface area contributed by atoms with Gasteiger partial charge in [0.15, 0.2) is 0 Å². The monoisotopic (exact) mass is 290 g/mol. The third-order valence-corrected chi connectivity index (χ3v) is 4.53. The van der Waals surface area contributed by atoms with Crippen molar-refractivity contribution in [1.29, 1.82) is 0 Å². The van der Waals surface area contributed by atoms with Gasteiger partial charge in [0.1, 0.15) is 0 Å². The van der Waals surface area contributed by atoms with Crippen molar-refractivity contribution in [3.63, 3.8) is 0 Å². The average molecular weight is 291 g/mol. The van der Waals surface area contributed by atoms with Crippen LogP contribution in [0.2, 0.25) is 0 Å². The molecule has 2 aliphatic rings. The number of carbonyl (C=O) groups excluding carboxylic acids is 1. The van der Waals surface area contributed by atoms with Gasteiger partial charge in [0.2, 0.25) is 5.91 Å². The SMILES string of the molecule is CN(C(=O)C(N)C1CCOCC1)C1CCCCC1.Cl. The first kappa shape index (κ1) is 16.7. The summed E-state index contributed by atoms with van der Waals surface area (Å²) in [6, 6.07) is 0.0815. The summed E-state index contributed by atoms with van der Waals surface area (Å²) in [4.78, 5) is 14.3. The minimum Gasteiger partial charge on any atom is -0.381 e. The molecular weight excluding hydrogens is 264 g/mol. The fourth-order valence-corrected chi connectivity index (χ4v) is 3.16. The molecule has 0 aromatic rings. The van der Waals surface area contributed by atoms with Crippen LogP contribution in [0.3, 0.4) is 0 Å². The topological polar surface area (TPSA) is 55.6 Å². The highest BCUT2D eigenvalue weighted by atomic mass is 35.5. The van der Waals surface area contributed by atoms with Crippen LogP contribution < -0.4 is 5.73 Å². The molecule has 2 rings (SSSR count). The lowest BCUT2D eigenvalue weighted by molar-refractivity contribution is -0.136. The van der Waals surface area contributed by atoms with Crippen LogP contribution in [0, 0.1) is 5.92 Å². The summed E-state index contributed by atoms with van der Waals surface area (Å²) in [6.45, 7) is 1.50. The van der Waals surface area contributed by atoms with Crippen molar-refractivity contribution in [2.45, 2.75) is 57.0 Å². The number of ether oxygens (including phenoxy) is 1. The second-order valence-corrected chi connectivity index (χ2v) is 5.72. The molecule has 1 atom stereocenters. The normalized spacial score (nSPS) is 23.5. The second-order valence-electron chi connectivity index (χ2n) is 5.72. The van der Waals surface area contributed by atoms with E-state index in [1.54, 1.807) is 0 Å². The van der Waals surface area contributed by atoms with E-state index in [0.717, 1.165) is 38.9 Å². The molecule has 2 fully saturated rings. The summed E-state index contributed by atoms with van der Waals surface area (Å²) in [5.74, 6) is 0.436. The third-order valence-electron chi connectivity index (χ3n) is 4.53. The van der Waals surface area contributed by atoms with Gasteiger partial charge in [0, 0.05) is 26.3 Å². The van der Waals surface area contributed by atoms with Crippen molar-refractivity contribution in [3.8, 4) is 0 Å². The van der Waals surface area contributed by atoms with Crippen LogP contribution in [-0.4, -0.2) is 43.2 Å². The largest absolute Gasteiger partial charge is 0.381 e. The molecule has 1 unspecified atom stereocenters. The molecule has 0 radical (unpaired) electrons. The van der Waals surface area contributed by atoms with Crippen molar-refractivity contribution < 1.29 is 9.53 Å². The van der Waals surface area contributed by atoms with Crippen LogP contribution in [0.25, 0.3) is 0 Å². The zero-order valence-corrected chi connectivity index (χ0v) is 12.7. The zero-order chi connectivity index (χ0) is 13.0. The van der Waals surface area contributed by atoms with Crippen molar-refractivity contribution in [2.24, 2.45) is 11.7 Å². The van der Waals surface area contributed by atoms with Gasteiger partial charge >= 0.3 is 0 Å². The second kappa shape index (κ2) is 8.08. The van der Waals surface area contributed by atoms with E-state index in [1.807, 2.05) is 11.9 Å². The maximum atomic E-state index is 12.4. The maximum absolute atomic E-state index is 12.4. The van der Waals surface area contributed by atoms with Crippen molar-refractivity contribution in [1.82, 2.24) is 4.90 Å². The number of hydrogen-bond donors (Lipinski definition) is 1. The molecule has 19 heavy (non-hydrogen) atoms. The molecule has 1 amide bonds. The predicted molar refractivity (Wildman–Crippen MR) is 78.4 cm³/mol. The van der Waals surface area contributed by atoms with E-state index < -0.39 is 0 Å². The minimum atomic E-state index is -0.333. The Kier molecular flexibility index (Phi) is 7.11. The zero-order valence-electron chi connectivity index (χ0n) is 11.8. The smallest absolute Gasteiger partial charge is 0.239 e. The molecule has 1 aliphatic carbocycles. The van der Waals surface area contributed by atoms with E-state index in [-0.39, 0.29) is 24.4 Å². The molecule has 112 valence electrons. The molecule has 1 saturated heterocycles. The Morgan fingerprint density at radius 1 is 1.16 bits per heavy atom. The van der Waals surface area contributed by atoms with Crippen LogP contribution in [0.15, 0.2) is 0 Å². The molecule has 1 saturated carbocycles. The van der Waals surface area contributed by atoms with Crippen LogP contribution >= 0.6 is 12.4 Å². The van der Waals surface area contributed by atoms with Gasteiger partial charge in [-0.1, -0.05) is 19.3 Å². The van der Waals surface area contributed by atoms with Crippen molar-refractivity contribution >= 4 is 18.3 Å². The van der Waals surface area contributed by atoms with E-state index in [0.29, 0.717) is 12.0 Å². The van der Waals surface area contributed by atoms with Gasteiger partial charge in [-0.15, -0.1) is 12.4 Å². The first-order valence-corrected chi connectivity index (χ1v) is 7.30. The summed E-state index contributed by atoms with van der Waals surface area (Å²) in [5, 5.41) is 0. The fraction of sp³-hybridized carbons (Fsp3) is 0.929. The Morgan fingerprint density at radius 3 is 2.32 bits per heavy atom. The Bertz CT molecular complexity index is 251. The standard InChI is InChI=1S/C14H26N2O2.ClH/c1-16(12-5-3-2-4-6-12)14(17)13(15)11-7-9-18-10-8-11;/h11-13H,2-10,15H2,1H3;1H. The highest BCUT2D eigenvalue weighted by molar-refractivity contribution is 5.85. The van der Waals surface area contributed by atoms with Crippen LogP contribution in [-0.2, 0) is 9.53 Å². The summed E-state index contributed by atoms with van der Waals surface area (Å²) >= 11 is 0. The summed E-state index contributed by atoms with van der Waals surface area (Å²) in [5.41, 5.74) is 6.15. The predicted octanol–water partition coefficient (Wildman–Crippen LogP) is 1.95. The lowest BCUT2D eigenvalue weighted by Gasteiger charge is -2.35. The van der Waals surface area contributed by atoms with Gasteiger partial charge in [0.05, 0.1) is 6.04 Å². The quantitative estimate of drug-likeness (QED) is 0.864. The Morgan fingerprint density at radius 2 is 1.74 bits per heavy atom. The average Bonchev–Trinajstić information content (AvgIpc) is 2.47. The molecule has 0 aromatic carbocycles. The van der Waals surface area contributed by atoms with Gasteiger partial charge in [-0.3, -0.25) is 4.79 Å². The molecule has 4 nitrogen and oxygen atoms in total. The van der Waals surface area contributed by atoms with Gasteiger partial charge in [-0.05, 0) is 31.6 Å². The number of amides is 1. The molecule has 5 heteroatoms. The van der Waals surface area contributed by atoms with Crippen molar-refractivity contribution in [3.05, 3.63) is 0 Å². The van der Waals surface area contributed by atoms with Crippen LogP contribution in [0.1, 0.15) is 44.9 Å². The molecule has 1 aliphatic heterocycles. The van der Waals surface area contributed by atoms with E-state index >= 15 is 0 Å². The third kappa shape index (κ3) is 4.33. The molecule has 1 heterocycles. The number of halogens is 1. The van der Waals surface area contributed by atoms with Gasteiger partial charge in [-0.2, -0.15) is 0 Å². The van der Waals surface area contributed by atoms with Crippen LogP contribution in [0.4, 0.5) is 0 Å². The minimum absolute atomic E-state index is 0. The van der Waals surface area contributed by atoms with E-state index in [1.165, 1.54) is 19.3 Å². The van der Waals surface area contributed by atoms with E-state index in [9.17, 15) is 4.79 Å². The lowest BCUT2D eigenvalue weighted by atomic mass is 9.89. The molecule has 0 aromatic heterocycles. The summed E-state index contributed by atoms with van der Waals surface area (Å²) in [7, 11) is 1.93. The summed E-state index contributed by atoms with van der Waals surface area (Å²) in [6.07, 6.45) is 7.93. The number of nitrogens with two attached hydrogens (primary N) is 1. The fourth-order valence-electron chi connectivity index (χ4n) is 3.16. The van der Waals surface area contributed by atoms with E-state index in [2.05, 4.69) is 0 Å². The number of hydrogen-bond acceptors (Lipinski definition) is 3. The number of carbonyl (C=O) groups is 1. The number of rotatable bonds is 3. The van der Waals surface area contributed by atoms with Gasteiger partial charge < -0.3 is 15.4 Å². The molecule has 0 bridgehead atoms. The Hall–Kier alpha value is -0.320. The first-order chi connectivity index (χ1) is 8.70. The maximum Gasteiger partial charge on any atom is 0.239 e. The summed E-state index contributed by atoms with van der Waals surface area (Å²) < 4.78 is 5.33. The lowest BCUT2D eigenvalue weighted by Crippen LogP contribution is -2.51. The number of likely N-dealkylation sites (N-methyl/N-ethyl adjacent to an activating group) is 1. The Labute approximate surface area is 122 Å². The first-order valence-electron chi connectivity index (χ1n) is 7.30. The van der Waals surface area contributed by atoms with Gasteiger partial charge in [-0.25, -0.2) is 0 Å². The molecule has 0 spiro atoms. The Balaban J connectivity index is 0.00000180. The van der Waals surface area contributed by atoms with E-state index in [4.69, 9.17) is 10.5 Å². The molecule has 2 N–H and O–H groups in total. The highest BCUT2D eigenvalue weighted by Crippen LogP contribution is 2.24. The van der Waals surface area contributed by atoms with Gasteiger partial charge in [0.25, 0.3) is 0 Å². The highest BCUT2D eigenvalue weighted by Gasteiger charge is 2.31. The van der Waals surface area contributed by atoms with Crippen molar-refractivity contribution in [2.75, 3.05) is 20.3 Å². The number of nitrogens with zero attached hydrogens (tertiary/aromatic N) is 1. The molecular formula is C14H27ClN2O2. The van der Waals surface area contributed by atoms with Crippen LogP contribution in [0.5, 0.6) is 0 Å².